The summed E-state index contributed by atoms with van der Waals surface area (Å²) in [7, 11) is 0. The zero-order valence-corrected chi connectivity index (χ0v) is 6.55. The molecule has 0 bridgehead atoms. The summed E-state index contributed by atoms with van der Waals surface area (Å²) >= 11 is 0. The van der Waals surface area contributed by atoms with Crippen molar-refractivity contribution in [3.8, 4) is 0 Å². The smallest absolute Gasteiger partial charge is 0.251 e. The third-order valence-corrected chi connectivity index (χ3v) is 1.89. The number of likely N-dealkylation sites (tertiary alicyclic amines) is 1. The molecule has 0 spiro atoms. The normalized spacial score (nSPS) is 17.0. The molecule has 3 heteroatoms. The third-order valence-electron chi connectivity index (χ3n) is 1.89. The Morgan fingerprint density at radius 1 is 1.45 bits per heavy atom. The van der Waals surface area contributed by atoms with Gasteiger partial charge in [0.2, 0.25) is 0 Å². The van der Waals surface area contributed by atoms with E-state index in [9.17, 15) is 4.79 Å². The van der Waals surface area contributed by atoms with Gasteiger partial charge in [-0.2, -0.15) is 0 Å². The van der Waals surface area contributed by atoms with Gasteiger partial charge in [-0.05, 0) is 12.8 Å². The number of aliphatic hydroxyl groups excluding tert-OH is 1. The van der Waals surface area contributed by atoms with E-state index >= 15 is 0 Å². The number of hydrogen-bond acceptors (Lipinski definition) is 2. The average molecular weight is 155 g/mol. The molecule has 11 heavy (non-hydrogen) atoms. The number of nitrogens with zero attached hydrogens (tertiary/aromatic N) is 1. The Balaban J connectivity index is 2.46. The fraction of sp³-hybridized carbons (Fsp3) is 0.625. The molecule has 0 atom stereocenters. The first-order valence-corrected chi connectivity index (χ1v) is 3.83. The summed E-state index contributed by atoms with van der Waals surface area (Å²) in [5.74, 6) is -0.0926. The minimum Gasteiger partial charge on any atom is -0.391 e. The van der Waals surface area contributed by atoms with Crippen molar-refractivity contribution in [2.24, 2.45) is 0 Å². The first-order valence-electron chi connectivity index (χ1n) is 3.83. The predicted molar refractivity (Wildman–Crippen MR) is 42.0 cm³/mol. The molecule has 0 aromatic carbocycles. The van der Waals surface area contributed by atoms with Gasteiger partial charge < -0.3 is 10.0 Å². The van der Waals surface area contributed by atoms with E-state index in [4.69, 9.17) is 5.11 Å². The molecule has 1 saturated heterocycles. The molecule has 0 radical (unpaired) electrons. The minimum atomic E-state index is -0.227. The van der Waals surface area contributed by atoms with Crippen molar-refractivity contribution < 1.29 is 9.90 Å². The number of carbonyl (C=O) groups is 1. The van der Waals surface area contributed by atoms with Gasteiger partial charge in [0.05, 0.1) is 6.61 Å². The molecule has 0 unspecified atom stereocenters. The highest BCUT2D eigenvalue weighted by atomic mass is 16.3. The Bertz CT molecular complexity index is 171. The van der Waals surface area contributed by atoms with Crippen LogP contribution in [0.25, 0.3) is 0 Å². The Kier molecular flexibility index (Phi) is 2.65. The second-order valence-electron chi connectivity index (χ2n) is 2.76. The second kappa shape index (κ2) is 3.53. The van der Waals surface area contributed by atoms with Gasteiger partial charge in [0.1, 0.15) is 0 Å². The lowest BCUT2D eigenvalue weighted by molar-refractivity contribution is -0.126. The fourth-order valence-corrected chi connectivity index (χ4v) is 1.21. The van der Waals surface area contributed by atoms with E-state index < -0.39 is 0 Å². The zero-order valence-electron chi connectivity index (χ0n) is 6.55. The molecule has 1 aliphatic heterocycles. The van der Waals surface area contributed by atoms with E-state index in [1.807, 2.05) is 0 Å². The van der Waals surface area contributed by atoms with E-state index in [-0.39, 0.29) is 12.5 Å². The second-order valence-corrected chi connectivity index (χ2v) is 2.76. The molecule has 0 aromatic rings. The molecule has 0 aromatic heterocycles. The lowest BCUT2D eigenvalue weighted by Gasteiger charge is -2.15. The van der Waals surface area contributed by atoms with E-state index in [0.717, 1.165) is 25.9 Å². The molecule has 1 fully saturated rings. The fourth-order valence-electron chi connectivity index (χ4n) is 1.21. The monoisotopic (exact) mass is 155 g/mol. The van der Waals surface area contributed by atoms with Crippen LogP contribution in [0.5, 0.6) is 0 Å². The first-order chi connectivity index (χ1) is 5.25. The van der Waals surface area contributed by atoms with Gasteiger partial charge in [0, 0.05) is 18.7 Å². The Labute approximate surface area is 66.3 Å². The van der Waals surface area contributed by atoms with Crippen LogP contribution in [-0.2, 0) is 4.79 Å². The van der Waals surface area contributed by atoms with Crippen LogP contribution in [0.15, 0.2) is 12.2 Å². The molecular weight excluding hydrogens is 142 g/mol. The molecule has 3 nitrogen and oxygen atoms in total. The highest BCUT2D eigenvalue weighted by Crippen LogP contribution is 2.10. The summed E-state index contributed by atoms with van der Waals surface area (Å²) in [4.78, 5) is 13.0. The maximum absolute atomic E-state index is 11.2. The van der Waals surface area contributed by atoms with E-state index in [1.54, 1.807) is 4.90 Å². The summed E-state index contributed by atoms with van der Waals surface area (Å²) in [6, 6.07) is 0. The van der Waals surface area contributed by atoms with E-state index in [1.165, 1.54) is 0 Å². The van der Waals surface area contributed by atoms with Crippen molar-refractivity contribution in [3.63, 3.8) is 0 Å². The topological polar surface area (TPSA) is 40.5 Å². The lowest BCUT2D eigenvalue weighted by atomic mass is 10.3. The zero-order chi connectivity index (χ0) is 8.27. The van der Waals surface area contributed by atoms with Crippen LogP contribution in [-0.4, -0.2) is 35.6 Å². The molecule has 1 N–H and O–H groups in total. The summed E-state index contributed by atoms with van der Waals surface area (Å²) in [5, 5.41) is 8.62. The van der Waals surface area contributed by atoms with Gasteiger partial charge in [-0.15, -0.1) is 0 Å². The van der Waals surface area contributed by atoms with Crippen molar-refractivity contribution in [1.29, 1.82) is 0 Å². The van der Waals surface area contributed by atoms with Crippen LogP contribution in [0.2, 0.25) is 0 Å². The maximum Gasteiger partial charge on any atom is 0.251 e. The molecule has 1 aliphatic rings. The van der Waals surface area contributed by atoms with Crippen molar-refractivity contribution in [2.75, 3.05) is 19.7 Å². The summed E-state index contributed by atoms with van der Waals surface area (Å²) < 4.78 is 0. The van der Waals surface area contributed by atoms with Gasteiger partial charge in [-0.1, -0.05) is 6.58 Å². The van der Waals surface area contributed by atoms with Crippen molar-refractivity contribution in [2.45, 2.75) is 12.8 Å². The van der Waals surface area contributed by atoms with Crippen LogP contribution in [0.4, 0.5) is 0 Å². The van der Waals surface area contributed by atoms with Crippen molar-refractivity contribution >= 4 is 5.91 Å². The molecule has 1 heterocycles. The molecule has 0 aliphatic carbocycles. The van der Waals surface area contributed by atoms with E-state index in [2.05, 4.69) is 6.58 Å². The molecular formula is C8H13NO2. The van der Waals surface area contributed by atoms with Gasteiger partial charge in [0.25, 0.3) is 5.91 Å². The molecule has 0 saturated carbocycles. The largest absolute Gasteiger partial charge is 0.391 e. The highest BCUT2D eigenvalue weighted by molar-refractivity contribution is 5.93. The maximum atomic E-state index is 11.2. The van der Waals surface area contributed by atoms with E-state index in [0.29, 0.717) is 5.57 Å². The van der Waals surface area contributed by atoms with Gasteiger partial charge in [0.15, 0.2) is 0 Å². The standard InChI is InChI=1S/C8H13NO2/c1-7(6-10)8(11)9-4-2-3-5-9/h10H,1-6H2. The van der Waals surface area contributed by atoms with Crippen LogP contribution >= 0.6 is 0 Å². The Hall–Kier alpha value is -0.830. The lowest BCUT2D eigenvalue weighted by Crippen LogP contribution is -2.29. The van der Waals surface area contributed by atoms with Gasteiger partial charge in [-0.25, -0.2) is 0 Å². The number of carbonyl (C=O) groups excluding carboxylic acids is 1. The summed E-state index contributed by atoms with van der Waals surface area (Å²) in [5.41, 5.74) is 0.298. The minimum absolute atomic E-state index is 0.0926. The van der Waals surface area contributed by atoms with Gasteiger partial charge in [-0.3, -0.25) is 4.79 Å². The summed E-state index contributed by atoms with van der Waals surface area (Å²) in [6.07, 6.45) is 2.15. The third kappa shape index (κ3) is 1.80. The average Bonchev–Trinajstić information content (AvgIpc) is 2.53. The highest BCUT2D eigenvalue weighted by Gasteiger charge is 2.19. The van der Waals surface area contributed by atoms with Crippen LogP contribution < -0.4 is 0 Å². The molecule has 1 rings (SSSR count). The predicted octanol–water partition coefficient (Wildman–Crippen LogP) is 0.157. The van der Waals surface area contributed by atoms with Crippen molar-refractivity contribution in [1.82, 2.24) is 4.90 Å². The Morgan fingerprint density at radius 2 is 2.00 bits per heavy atom. The Morgan fingerprint density at radius 3 is 2.45 bits per heavy atom. The molecule has 62 valence electrons. The summed E-state index contributed by atoms with van der Waals surface area (Å²) in [6.45, 7) is 4.88. The first kappa shape index (κ1) is 8.27. The van der Waals surface area contributed by atoms with Crippen LogP contribution in [0.1, 0.15) is 12.8 Å². The van der Waals surface area contributed by atoms with Crippen molar-refractivity contribution in [3.05, 3.63) is 12.2 Å². The number of aliphatic hydroxyl groups is 1. The number of amides is 1. The molecule has 1 amide bonds. The van der Waals surface area contributed by atoms with Crippen LogP contribution in [0, 0.1) is 0 Å². The van der Waals surface area contributed by atoms with Gasteiger partial charge >= 0.3 is 0 Å². The van der Waals surface area contributed by atoms with Crippen LogP contribution in [0.3, 0.4) is 0 Å². The number of hydrogen-bond donors (Lipinski definition) is 1. The quantitative estimate of drug-likeness (QED) is 0.577. The number of rotatable bonds is 2. The SMILES string of the molecule is C=C(CO)C(=O)N1CCCC1.